The number of ether oxygens (including phenoxy) is 1. The number of nitrogens with zero attached hydrogens (tertiary/aromatic N) is 1. The number of carbonyl (C=O) groups excluding carboxylic acids is 1. The van der Waals surface area contributed by atoms with Crippen molar-refractivity contribution >= 4 is 17.4 Å². The number of aromatic nitrogens is 1. The molecule has 1 aromatic carbocycles. The maximum absolute atomic E-state index is 14.0. The summed E-state index contributed by atoms with van der Waals surface area (Å²) in [7, 11) is 1.77. The second-order valence-corrected chi connectivity index (χ2v) is 5.59. The van der Waals surface area contributed by atoms with Crippen molar-refractivity contribution in [3.05, 3.63) is 42.3 Å². The molecule has 24 heavy (non-hydrogen) atoms. The summed E-state index contributed by atoms with van der Waals surface area (Å²) >= 11 is 0. The first-order valence-corrected chi connectivity index (χ1v) is 7.78. The highest BCUT2D eigenvalue weighted by Crippen LogP contribution is 2.31. The quantitative estimate of drug-likeness (QED) is 0.681. The molecule has 1 aromatic heterocycles. The van der Waals surface area contributed by atoms with Crippen LogP contribution in [-0.2, 0) is 4.79 Å². The van der Waals surface area contributed by atoms with Crippen molar-refractivity contribution in [1.82, 2.24) is 10.3 Å². The Morgan fingerprint density at radius 3 is 2.79 bits per heavy atom. The van der Waals surface area contributed by atoms with Crippen molar-refractivity contribution in [3.63, 3.8) is 0 Å². The van der Waals surface area contributed by atoms with Crippen LogP contribution in [0.25, 0.3) is 0 Å². The van der Waals surface area contributed by atoms with Crippen molar-refractivity contribution in [2.75, 3.05) is 24.3 Å². The van der Waals surface area contributed by atoms with E-state index in [1.807, 2.05) is 0 Å². The summed E-state index contributed by atoms with van der Waals surface area (Å²) < 4.78 is 19.6. The van der Waals surface area contributed by atoms with Crippen LogP contribution in [0.5, 0.6) is 11.5 Å². The van der Waals surface area contributed by atoms with Crippen LogP contribution in [0.4, 0.5) is 15.9 Å². The van der Waals surface area contributed by atoms with Crippen molar-refractivity contribution < 1.29 is 13.9 Å². The lowest BCUT2D eigenvalue weighted by atomic mass is 10.3. The van der Waals surface area contributed by atoms with Gasteiger partial charge in [-0.2, -0.15) is 0 Å². The number of pyridine rings is 1. The number of nitrogens with one attached hydrogen (secondary N) is 3. The Kier molecular flexibility index (Phi) is 4.90. The highest BCUT2D eigenvalue weighted by Gasteiger charge is 2.29. The van der Waals surface area contributed by atoms with E-state index in [4.69, 9.17) is 4.74 Å². The first kappa shape index (κ1) is 16.2. The third-order valence-corrected chi connectivity index (χ3v) is 3.56. The molecule has 0 radical (unpaired) electrons. The van der Waals surface area contributed by atoms with E-state index in [1.165, 1.54) is 12.3 Å². The monoisotopic (exact) mass is 330 g/mol. The molecule has 6 nitrogen and oxygen atoms in total. The third-order valence-electron chi connectivity index (χ3n) is 3.56. The minimum Gasteiger partial charge on any atom is -0.457 e. The second-order valence-electron chi connectivity index (χ2n) is 5.59. The third kappa shape index (κ3) is 4.20. The standard InChI is InChI=1S/C17H19FN4O2/c1-19-10-21-15-5-4-12(8-14(15)18)24-13-6-7-20-16(9-13)22-17(23)11-2-3-11/h4-9,11,19,21H,2-3,10H2,1H3,(H,20,22,23). The highest BCUT2D eigenvalue weighted by atomic mass is 19.1. The summed E-state index contributed by atoms with van der Waals surface area (Å²) in [6, 6.07) is 7.85. The highest BCUT2D eigenvalue weighted by molar-refractivity contribution is 5.93. The lowest BCUT2D eigenvalue weighted by Crippen LogP contribution is -2.17. The van der Waals surface area contributed by atoms with Gasteiger partial charge in [-0.3, -0.25) is 4.79 Å². The maximum Gasteiger partial charge on any atom is 0.228 e. The molecule has 1 heterocycles. The number of anilines is 2. The molecule has 1 aliphatic carbocycles. The van der Waals surface area contributed by atoms with Gasteiger partial charge in [0.15, 0.2) is 0 Å². The molecule has 1 aliphatic rings. The Balaban J connectivity index is 1.66. The Labute approximate surface area is 139 Å². The van der Waals surface area contributed by atoms with Crippen LogP contribution in [0.2, 0.25) is 0 Å². The molecule has 1 fully saturated rings. The van der Waals surface area contributed by atoms with Gasteiger partial charge in [0.05, 0.1) is 12.4 Å². The van der Waals surface area contributed by atoms with Crippen molar-refractivity contribution in [2.45, 2.75) is 12.8 Å². The van der Waals surface area contributed by atoms with E-state index in [0.717, 1.165) is 12.8 Å². The molecule has 0 spiro atoms. The lowest BCUT2D eigenvalue weighted by molar-refractivity contribution is -0.117. The molecule has 0 atom stereocenters. The van der Waals surface area contributed by atoms with E-state index in [0.29, 0.717) is 29.7 Å². The van der Waals surface area contributed by atoms with Crippen LogP contribution in [0.3, 0.4) is 0 Å². The van der Waals surface area contributed by atoms with E-state index >= 15 is 0 Å². The number of rotatable bonds is 7. The smallest absolute Gasteiger partial charge is 0.228 e. The van der Waals surface area contributed by atoms with Crippen LogP contribution in [0, 0.1) is 11.7 Å². The van der Waals surface area contributed by atoms with Crippen LogP contribution in [-0.4, -0.2) is 24.6 Å². The normalized spacial score (nSPS) is 13.4. The topological polar surface area (TPSA) is 75.3 Å². The molecule has 7 heteroatoms. The largest absolute Gasteiger partial charge is 0.457 e. The average molecular weight is 330 g/mol. The number of carbonyl (C=O) groups is 1. The van der Waals surface area contributed by atoms with Gasteiger partial charge >= 0.3 is 0 Å². The molecule has 2 aromatic rings. The van der Waals surface area contributed by atoms with Crippen LogP contribution in [0.15, 0.2) is 36.5 Å². The minimum absolute atomic E-state index is 0.0225. The van der Waals surface area contributed by atoms with Crippen molar-refractivity contribution in [1.29, 1.82) is 0 Å². The van der Waals surface area contributed by atoms with Crippen LogP contribution >= 0.6 is 0 Å². The average Bonchev–Trinajstić information content (AvgIpc) is 3.39. The summed E-state index contributed by atoms with van der Waals surface area (Å²) in [5, 5.41) is 8.54. The molecule has 0 aliphatic heterocycles. The number of halogens is 1. The van der Waals surface area contributed by atoms with Gasteiger partial charge in [-0.15, -0.1) is 0 Å². The first-order chi connectivity index (χ1) is 11.7. The predicted molar refractivity (Wildman–Crippen MR) is 89.6 cm³/mol. The zero-order valence-electron chi connectivity index (χ0n) is 13.3. The first-order valence-electron chi connectivity index (χ1n) is 7.78. The zero-order chi connectivity index (χ0) is 16.9. The fourth-order valence-electron chi connectivity index (χ4n) is 2.14. The second kappa shape index (κ2) is 7.27. The lowest BCUT2D eigenvalue weighted by Gasteiger charge is -2.10. The Morgan fingerprint density at radius 2 is 2.08 bits per heavy atom. The van der Waals surface area contributed by atoms with Gasteiger partial charge in [-0.25, -0.2) is 9.37 Å². The fourth-order valence-corrected chi connectivity index (χ4v) is 2.14. The summed E-state index contributed by atoms with van der Waals surface area (Å²) in [4.78, 5) is 15.9. The van der Waals surface area contributed by atoms with Gasteiger partial charge in [0.1, 0.15) is 23.1 Å². The van der Waals surface area contributed by atoms with E-state index in [2.05, 4.69) is 20.9 Å². The van der Waals surface area contributed by atoms with Gasteiger partial charge in [0, 0.05) is 24.2 Å². The molecule has 126 valence electrons. The molecule has 3 N–H and O–H groups in total. The molecule has 0 unspecified atom stereocenters. The zero-order valence-corrected chi connectivity index (χ0v) is 13.3. The van der Waals surface area contributed by atoms with Gasteiger partial charge < -0.3 is 20.7 Å². The van der Waals surface area contributed by atoms with Crippen LogP contribution < -0.4 is 20.7 Å². The molecular formula is C17H19FN4O2. The van der Waals surface area contributed by atoms with Gasteiger partial charge in [0.25, 0.3) is 0 Å². The van der Waals surface area contributed by atoms with Gasteiger partial charge in [0.2, 0.25) is 5.91 Å². The summed E-state index contributed by atoms with van der Waals surface area (Å²) in [6.07, 6.45) is 3.39. The van der Waals surface area contributed by atoms with E-state index in [1.54, 1.807) is 31.3 Å². The SMILES string of the molecule is CNCNc1ccc(Oc2ccnc(NC(=O)C3CC3)c2)cc1F. The summed E-state index contributed by atoms with van der Waals surface area (Å²) in [5.41, 5.74) is 0.392. The number of hydrogen-bond donors (Lipinski definition) is 3. The number of benzene rings is 1. The van der Waals surface area contributed by atoms with Crippen molar-refractivity contribution in [3.8, 4) is 11.5 Å². The molecular weight excluding hydrogens is 311 g/mol. The minimum atomic E-state index is -0.404. The Bertz CT molecular complexity index is 734. The number of amides is 1. The maximum atomic E-state index is 14.0. The predicted octanol–water partition coefficient (Wildman–Crippen LogP) is 2.95. The number of hydrogen-bond acceptors (Lipinski definition) is 5. The van der Waals surface area contributed by atoms with Crippen molar-refractivity contribution in [2.24, 2.45) is 5.92 Å². The Hall–Kier alpha value is -2.67. The molecule has 0 saturated heterocycles. The Morgan fingerprint density at radius 1 is 1.29 bits per heavy atom. The molecule has 0 bridgehead atoms. The van der Waals surface area contributed by atoms with E-state index in [-0.39, 0.29) is 11.8 Å². The fraction of sp³-hybridized carbons (Fsp3) is 0.294. The van der Waals surface area contributed by atoms with Gasteiger partial charge in [-0.05, 0) is 38.1 Å². The molecule has 1 amide bonds. The summed E-state index contributed by atoms with van der Waals surface area (Å²) in [5.74, 6) is 0.949. The van der Waals surface area contributed by atoms with Gasteiger partial charge in [-0.1, -0.05) is 0 Å². The van der Waals surface area contributed by atoms with Crippen LogP contribution in [0.1, 0.15) is 12.8 Å². The summed E-state index contributed by atoms with van der Waals surface area (Å²) in [6.45, 7) is 0.464. The molecule has 3 rings (SSSR count). The molecule has 1 saturated carbocycles. The van der Waals surface area contributed by atoms with E-state index in [9.17, 15) is 9.18 Å². The van der Waals surface area contributed by atoms with E-state index < -0.39 is 5.82 Å².